The van der Waals surface area contributed by atoms with E-state index in [1.165, 1.54) is 11.3 Å². The highest BCUT2D eigenvalue weighted by atomic mass is 32.1. The Morgan fingerprint density at radius 1 is 1.12 bits per heavy atom. The maximum atomic E-state index is 13.1. The molecule has 0 aliphatic carbocycles. The van der Waals surface area contributed by atoms with Gasteiger partial charge in [0, 0.05) is 37.3 Å². The van der Waals surface area contributed by atoms with Crippen LogP contribution in [-0.2, 0) is 13.0 Å². The molecule has 1 aromatic carbocycles. The van der Waals surface area contributed by atoms with Gasteiger partial charge in [-0.3, -0.25) is 19.0 Å². The van der Waals surface area contributed by atoms with Crippen molar-refractivity contribution in [1.29, 1.82) is 0 Å². The van der Waals surface area contributed by atoms with Crippen molar-refractivity contribution in [2.24, 2.45) is 0 Å². The third-order valence-corrected chi connectivity index (χ3v) is 7.24. The zero-order chi connectivity index (χ0) is 22.8. The normalized spacial score (nSPS) is 13.5. The maximum absolute atomic E-state index is 13.1. The second kappa shape index (κ2) is 9.24. The SMILES string of the molecule is CCN(CC)C(=O)c1ccc(NC(=O)c2sc3nc4n(c(=O)c3c2C)CCCCC4)cc1. The van der Waals surface area contributed by atoms with Crippen LogP contribution in [0.15, 0.2) is 29.1 Å². The van der Waals surface area contributed by atoms with Gasteiger partial charge in [0.05, 0.1) is 10.3 Å². The van der Waals surface area contributed by atoms with Crippen molar-refractivity contribution in [1.82, 2.24) is 14.5 Å². The van der Waals surface area contributed by atoms with Crippen molar-refractivity contribution in [2.75, 3.05) is 18.4 Å². The first-order valence-electron chi connectivity index (χ1n) is 11.2. The number of fused-ring (bicyclic) bond motifs is 2. The smallest absolute Gasteiger partial charge is 0.266 e. The van der Waals surface area contributed by atoms with E-state index in [1.807, 2.05) is 20.8 Å². The molecule has 0 spiro atoms. The molecular weight excluding hydrogens is 424 g/mol. The Labute approximate surface area is 191 Å². The number of thiophene rings is 1. The molecule has 1 aliphatic heterocycles. The molecule has 0 unspecified atom stereocenters. The van der Waals surface area contributed by atoms with Gasteiger partial charge in [0.25, 0.3) is 17.4 Å². The minimum absolute atomic E-state index is 0.0282. The number of nitrogens with one attached hydrogen (secondary N) is 1. The summed E-state index contributed by atoms with van der Waals surface area (Å²) < 4.78 is 1.78. The summed E-state index contributed by atoms with van der Waals surface area (Å²) in [5, 5.41) is 3.44. The number of carbonyl (C=O) groups excluding carboxylic acids is 2. The number of aryl methyl sites for hydroxylation is 2. The van der Waals surface area contributed by atoms with Crippen molar-refractivity contribution in [3.63, 3.8) is 0 Å². The molecule has 0 bridgehead atoms. The lowest BCUT2D eigenvalue weighted by Crippen LogP contribution is -2.30. The number of nitrogens with zero attached hydrogens (tertiary/aromatic N) is 3. The Hall–Kier alpha value is -3.00. The van der Waals surface area contributed by atoms with Crippen molar-refractivity contribution < 1.29 is 9.59 Å². The first-order chi connectivity index (χ1) is 15.4. The number of hydrogen-bond acceptors (Lipinski definition) is 5. The molecule has 8 heteroatoms. The lowest BCUT2D eigenvalue weighted by atomic mass is 10.1. The van der Waals surface area contributed by atoms with E-state index in [1.54, 1.807) is 33.7 Å². The van der Waals surface area contributed by atoms with E-state index in [9.17, 15) is 14.4 Å². The van der Waals surface area contributed by atoms with Crippen LogP contribution in [-0.4, -0.2) is 39.4 Å². The summed E-state index contributed by atoms with van der Waals surface area (Å²) >= 11 is 1.27. The van der Waals surface area contributed by atoms with Crippen molar-refractivity contribution in [2.45, 2.75) is 53.0 Å². The zero-order valence-electron chi connectivity index (χ0n) is 18.7. The number of amides is 2. The Morgan fingerprint density at radius 2 is 1.84 bits per heavy atom. The molecule has 0 atom stereocenters. The minimum atomic E-state index is -0.270. The molecule has 7 nitrogen and oxygen atoms in total. The van der Waals surface area contributed by atoms with Crippen LogP contribution >= 0.6 is 11.3 Å². The highest BCUT2D eigenvalue weighted by molar-refractivity contribution is 7.20. The van der Waals surface area contributed by atoms with Crippen LogP contribution in [0.1, 0.15) is 64.5 Å². The molecule has 1 aliphatic rings. The van der Waals surface area contributed by atoms with E-state index >= 15 is 0 Å². The predicted molar refractivity (Wildman–Crippen MR) is 128 cm³/mol. The second-order valence-electron chi connectivity index (χ2n) is 8.04. The van der Waals surface area contributed by atoms with Gasteiger partial charge in [-0.2, -0.15) is 0 Å². The lowest BCUT2D eigenvalue weighted by Gasteiger charge is -2.18. The Bertz CT molecular complexity index is 1220. The number of aromatic nitrogens is 2. The summed E-state index contributed by atoms with van der Waals surface area (Å²) in [5.41, 5.74) is 1.82. The fraction of sp³-hybridized carbons (Fsp3) is 0.417. The number of rotatable bonds is 5. The third kappa shape index (κ3) is 4.07. The molecule has 3 heterocycles. The monoisotopic (exact) mass is 452 g/mol. The van der Waals surface area contributed by atoms with Crippen molar-refractivity contribution >= 4 is 39.1 Å². The van der Waals surface area contributed by atoms with E-state index in [4.69, 9.17) is 4.98 Å². The second-order valence-corrected chi connectivity index (χ2v) is 9.04. The molecule has 2 amide bonds. The van der Waals surface area contributed by atoms with Crippen LogP contribution in [0.4, 0.5) is 5.69 Å². The largest absolute Gasteiger partial charge is 0.339 e. The molecule has 168 valence electrons. The predicted octanol–water partition coefficient (Wildman–Crippen LogP) is 4.23. The maximum Gasteiger partial charge on any atom is 0.266 e. The molecule has 32 heavy (non-hydrogen) atoms. The molecule has 2 aromatic heterocycles. The average molecular weight is 453 g/mol. The van der Waals surface area contributed by atoms with Crippen LogP contribution in [0.2, 0.25) is 0 Å². The van der Waals surface area contributed by atoms with Gasteiger partial charge >= 0.3 is 0 Å². The summed E-state index contributed by atoms with van der Waals surface area (Å²) in [4.78, 5) is 46.2. The summed E-state index contributed by atoms with van der Waals surface area (Å²) in [5.74, 6) is 0.522. The van der Waals surface area contributed by atoms with Crippen LogP contribution < -0.4 is 10.9 Å². The van der Waals surface area contributed by atoms with Crippen LogP contribution in [0, 0.1) is 6.92 Å². The molecule has 0 saturated carbocycles. The molecule has 3 aromatic rings. The van der Waals surface area contributed by atoms with Gasteiger partial charge in [0.15, 0.2) is 0 Å². The van der Waals surface area contributed by atoms with Gasteiger partial charge in [-0.1, -0.05) is 6.42 Å². The summed E-state index contributed by atoms with van der Waals surface area (Å²) in [7, 11) is 0. The number of hydrogen-bond donors (Lipinski definition) is 1. The number of benzene rings is 1. The van der Waals surface area contributed by atoms with E-state index in [-0.39, 0.29) is 17.4 Å². The van der Waals surface area contributed by atoms with Gasteiger partial charge in [-0.25, -0.2) is 4.98 Å². The summed E-state index contributed by atoms with van der Waals surface area (Å²) in [6.45, 7) is 7.69. The minimum Gasteiger partial charge on any atom is -0.339 e. The average Bonchev–Trinajstić information content (AvgIpc) is 2.96. The first kappa shape index (κ1) is 22.2. The Kier molecular flexibility index (Phi) is 6.41. The Morgan fingerprint density at radius 3 is 2.53 bits per heavy atom. The van der Waals surface area contributed by atoms with Gasteiger partial charge in [-0.15, -0.1) is 11.3 Å². The van der Waals surface area contributed by atoms with Gasteiger partial charge in [0.1, 0.15) is 10.7 Å². The fourth-order valence-electron chi connectivity index (χ4n) is 4.20. The fourth-order valence-corrected chi connectivity index (χ4v) is 5.29. The zero-order valence-corrected chi connectivity index (χ0v) is 19.6. The Balaban J connectivity index is 1.59. The number of anilines is 1. The van der Waals surface area contributed by atoms with E-state index < -0.39 is 0 Å². The lowest BCUT2D eigenvalue weighted by molar-refractivity contribution is 0.0773. The molecule has 0 fully saturated rings. The molecule has 4 rings (SSSR count). The molecule has 1 N–H and O–H groups in total. The molecule has 0 saturated heterocycles. The third-order valence-electron chi connectivity index (χ3n) is 6.06. The quantitative estimate of drug-likeness (QED) is 0.628. The van der Waals surface area contributed by atoms with Crippen LogP contribution in [0.25, 0.3) is 10.2 Å². The summed E-state index contributed by atoms with van der Waals surface area (Å²) in [6, 6.07) is 6.90. The highest BCUT2D eigenvalue weighted by Gasteiger charge is 2.22. The van der Waals surface area contributed by atoms with Gasteiger partial charge in [0.2, 0.25) is 0 Å². The number of carbonyl (C=O) groups is 2. The van der Waals surface area contributed by atoms with Gasteiger partial charge in [-0.05, 0) is 63.4 Å². The van der Waals surface area contributed by atoms with E-state index in [0.29, 0.717) is 51.5 Å². The van der Waals surface area contributed by atoms with Crippen molar-refractivity contribution in [3.05, 3.63) is 56.4 Å². The standard InChI is InChI=1S/C24H28N4O3S/c1-4-27(5-2)23(30)16-10-12-17(13-11-16)25-21(29)20-15(3)19-22(32-20)26-18-9-7-6-8-14-28(18)24(19)31/h10-13H,4-9,14H2,1-3H3,(H,25,29). The van der Waals surface area contributed by atoms with Crippen molar-refractivity contribution in [3.8, 4) is 0 Å². The van der Waals surface area contributed by atoms with Crippen LogP contribution in [0.5, 0.6) is 0 Å². The topological polar surface area (TPSA) is 84.3 Å². The first-order valence-corrected chi connectivity index (χ1v) is 12.0. The van der Waals surface area contributed by atoms with Crippen LogP contribution in [0.3, 0.4) is 0 Å². The van der Waals surface area contributed by atoms with Gasteiger partial charge < -0.3 is 10.2 Å². The molecule has 0 radical (unpaired) electrons. The summed E-state index contributed by atoms with van der Waals surface area (Å²) in [6.07, 6.45) is 3.90. The van der Waals surface area contributed by atoms with E-state index in [0.717, 1.165) is 31.5 Å². The highest BCUT2D eigenvalue weighted by Crippen LogP contribution is 2.29. The van der Waals surface area contributed by atoms with E-state index in [2.05, 4.69) is 5.32 Å². The molecular formula is C24H28N4O3S.